The van der Waals surface area contributed by atoms with Gasteiger partial charge in [-0.15, -0.1) is 0 Å². The SMILES string of the molecule is CCCCCCCC/C=C/CCCCCC(=O)OC[C@H](CO[C@H]1O[C@H](CS(=O)(=O)O)[C@@H](O)C(O)C1O)OC(=O)CCCCCCCCCCCCCCCCCCCCCCCCC. The molecule has 13 heteroatoms. The fourth-order valence-electron chi connectivity index (χ4n) is 8.26. The van der Waals surface area contributed by atoms with Crippen molar-refractivity contribution >= 4 is 22.1 Å². The predicted octanol–water partition coefficient (Wildman–Crippen LogP) is 11.8. The molecule has 0 amide bonds. The quantitative estimate of drug-likeness (QED) is 0.0196. The summed E-state index contributed by atoms with van der Waals surface area (Å²) in [5.41, 5.74) is 0. The number of hydrogen-bond donors (Lipinski definition) is 4. The summed E-state index contributed by atoms with van der Waals surface area (Å²) in [4.78, 5) is 25.5. The zero-order valence-corrected chi connectivity index (χ0v) is 41.5. The zero-order chi connectivity index (χ0) is 46.9. The number of carbonyl (C=O) groups is 2. The third kappa shape index (κ3) is 35.6. The highest BCUT2D eigenvalue weighted by molar-refractivity contribution is 7.85. The average molecular weight is 933 g/mol. The van der Waals surface area contributed by atoms with E-state index < -0.39 is 71.2 Å². The lowest BCUT2D eigenvalue weighted by atomic mass is 10.00. The molecule has 64 heavy (non-hydrogen) atoms. The van der Waals surface area contributed by atoms with Crippen LogP contribution >= 0.6 is 0 Å². The van der Waals surface area contributed by atoms with Crippen molar-refractivity contribution in [2.45, 2.75) is 282 Å². The second-order valence-electron chi connectivity index (χ2n) is 18.5. The molecular weight excluding hydrogens is 837 g/mol. The molecule has 1 aliphatic heterocycles. The van der Waals surface area contributed by atoms with E-state index in [1.54, 1.807) is 0 Å². The molecule has 378 valence electrons. The molecule has 1 saturated heterocycles. The molecule has 6 atom stereocenters. The van der Waals surface area contributed by atoms with Crippen LogP contribution in [0.15, 0.2) is 12.2 Å². The van der Waals surface area contributed by atoms with Crippen LogP contribution in [-0.4, -0.2) is 96.0 Å². The van der Waals surface area contributed by atoms with Crippen LogP contribution in [0.1, 0.15) is 245 Å². The van der Waals surface area contributed by atoms with E-state index in [1.807, 2.05) is 0 Å². The lowest BCUT2D eigenvalue weighted by Gasteiger charge is -2.40. The number of aliphatic hydroxyl groups excluding tert-OH is 3. The van der Waals surface area contributed by atoms with Crippen molar-refractivity contribution in [3.8, 4) is 0 Å². The molecule has 1 aliphatic rings. The maximum absolute atomic E-state index is 12.9. The highest BCUT2D eigenvalue weighted by Gasteiger charge is 2.46. The Bertz CT molecular complexity index is 1230. The molecule has 1 fully saturated rings. The van der Waals surface area contributed by atoms with Crippen molar-refractivity contribution < 1.29 is 56.8 Å². The first-order valence-electron chi connectivity index (χ1n) is 26.2. The normalized spacial score (nSPS) is 19.6. The maximum Gasteiger partial charge on any atom is 0.306 e. The molecular formula is C51H96O12S. The van der Waals surface area contributed by atoms with Crippen LogP contribution in [-0.2, 0) is 38.7 Å². The van der Waals surface area contributed by atoms with Gasteiger partial charge < -0.3 is 34.3 Å². The average Bonchev–Trinajstić information content (AvgIpc) is 3.26. The number of carbonyl (C=O) groups excluding carboxylic acids is 2. The first-order valence-corrected chi connectivity index (χ1v) is 27.9. The molecule has 0 aromatic rings. The molecule has 0 spiro atoms. The lowest BCUT2D eigenvalue weighted by molar-refractivity contribution is -0.297. The van der Waals surface area contributed by atoms with Gasteiger partial charge >= 0.3 is 11.9 Å². The van der Waals surface area contributed by atoms with Crippen molar-refractivity contribution in [1.82, 2.24) is 0 Å². The van der Waals surface area contributed by atoms with Gasteiger partial charge in [-0.2, -0.15) is 8.42 Å². The van der Waals surface area contributed by atoms with E-state index in [9.17, 15) is 37.9 Å². The summed E-state index contributed by atoms with van der Waals surface area (Å²) in [5.74, 6) is -1.99. The Kier molecular flexibility index (Phi) is 39.2. The Balaban J connectivity index is 2.32. The Morgan fingerprint density at radius 1 is 0.516 bits per heavy atom. The van der Waals surface area contributed by atoms with E-state index in [-0.39, 0.29) is 19.4 Å². The lowest BCUT2D eigenvalue weighted by Crippen LogP contribution is -2.60. The highest BCUT2D eigenvalue weighted by Crippen LogP contribution is 2.24. The number of hydrogen-bond acceptors (Lipinski definition) is 11. The topological polar surface area (TPSA) is 186 Å². The molecule has 0 bridgehead atoms. The Morgan fingerprint density at radius 2 is 0.891 bits per heavy atom. The summed E-state index contributed by atoms with van der Waals surface area (Å²) in [6.45, 7) is 3.78. The van der Waals surface area contributed by atoms with Crippen molar-refractivity contribution in [2.24, 2.45) is 0 Å². The molecule has 0 radical (unpaired) electrons. The van der Waals surface area contributed by atoms with Gasteiger partial charge in [0.25, 0.3) is 10.1 Å². The van der Waals surface area contributed by atoms with Crippen LogP contribution in [0.4, 0.5) is 0 Å². The van der Waals surface area contributed by atoms with Gasteiger partial charge in [0.2, 0.25) is 0 Å². The summed E-state index contributed by atoms with van der Waals surface area (Å²) < 4.78 is 54.2. The Morgan fingerprint density at radius 3 is 1.31 bits per heavy atom. The first kappa shape index (κ1) is 60.4. The summed E-state index contributed by atoms with van der Waals surface area (Å²) in [6, 6.07) is 0. The smallest absolute Gasteiger partial charge is 0.306 e. The molecule has 0 aliphatic carbocycles. The van der Waals surface area contributed by atoms with Gasteiger partial charge in [-0.3, -0.25) is 14.1 Å². The minimum absolute atomic E-state index is 0.168. The van der Waals surface area contributed by atoms with E-state index >= 15 is 0 Å². The van der Waals surface area contributed by atoms with Gasteiger partial charge in [0, 0.05) is 12.8 Å². The van der Waals surface area contributed by atoms with Crippen molar-refractivity contribution in [3.05, 3.63) is 12.2 Å². The van der Waals surface area contributed by atoms with Crippen molar-refractivity contribution in [3.63, 3.8) is 0 Å². The summed E-state index contributed by atoms with van der Waals surface area (Å²) in [7, 11) is -4.60. The number of esters is 2. The summed E-state index contributed by atoms with van der Waals surface area (Å²) in [6.07, 6.45) is 36.9. The van der Waals surface area contributed by atoms with E-state index in [2.05, 4.69) is 26.0 Å². The molecule has 0 saturated carbocycles. The molecule has 4 N–H and O–H groups in total. The van der Waals surface area contributed by atoms with Crippen LogP contribution < -0.4 is 0 Å². The summed E-state index contributed by atoms with van der Waals surface area (Å²) >= 11 is 0. The standard InChI is InChI=1S/C51H96O12S/c1-3-5-7-9-11-13-15-17-18-19-20-21-22-23-24-25-26-28-30-32-34-36-38-40-47(53)62-44(42-61-51-50(56)49(55)48(54)45(63-51)43-64(57,58)59)41-60-46(52)39-37-35-33-31-29-27-16-14-12-10-8-6-4-2/h27,29,44-45,48-51,54-56H,3-26,28,30-43H2,1-2H3,(H,57,58,59)/b29-27+/t44-,45-,48-,49?,50?,51+/m1/s1. The second-order valence-corrected chi connectivity index (χ2v) is 20.0. The van der Waals surface area contributed by atoms with Gasteiger partial charge in [-0.05, 0) is 38.5 Å². The third-order valence-corrected chi connectivity index (χ3v) is 13.1. The number of unbranched alkanes of at least 4 members (excludes halogenated alkanes) is 31. The largest absolute Gasteiger partial charge is 0.462 e. The zero-order valence-electron chi connectivity index (χ0n) is 40.7. The van der Waals surface area contributed by atoms with E-state index in [1.165, 1.54) is 161 Å². The van der Waals surface area contributed by atoms with Crippen molar-refractivity contribution in [2.75, 3.05) is 19.0 Å². The fourth-order valence-corrected chi connectivity index (χ4v) is 8.95. The van der Waals surface area contributed by atoms with Crippen LogP contribution in [0.2, 0.25) is 0 Å². The molecule has 1 rings (SSSR count). The number of ether oxygens (including phenoxy) is 4. The molecule has 2 unspecified atom stereocenters. The monoisotopic (exact) mass is 933 g/mol. The van der Waals surface area contributed by atoms with Crippen LogP contribution in [0.25, 0.3) is 0 Å². The van der Waals surface area contributed by atoms with Crippen molar-refractivity contribution in [1.29, 1.82) is 0 Å². The molecule has 12 nitrogen and oxygen atoms in total. The van der Waals surface area contributed by atoms with Gasteiger partial charge in [0.05, 0.1) is 6.61 Å². The van der Waals surface area contributed by atoms with Gasteiger partial charge in [-0.25, -0.2) is 0 Å². The first-order chi connectivity index (χ1) is 31.0. The van der Waals surface area contributed by atoms with E-state index in [0.29, 0.717) is 12.8 Å². The van der Waals surface area contributed by atoms with Gasteiger partial charge in [-0.1, -0.05) is 206 Å². The van der Waals surface area contributed by atoms with E-state index in [4.69, 9.17) is 18.9 Å². The maximum atomic E-state index is 12.9. The number of allylic oxidation sites excluding steroid dienone is 2. The molecule has 0 aromatic carbocycles. The van der Waals surface area contributed by atoms with Crippen LogP contribution in [0.5, 0.6) is 0 Å². The summed E-state index contributed by atoms with van der Waals surface area (Å²) in [5, 5.41) is 31.0. The molecule has 0 aromatic heterocycles. The fraction of sp³-hybridized carbons (Fsp3) is 0.922. The van der Waals surface area contributed by atoms with Gasteiger partial charge in [0.15, 0.2) is 12.4 Å². The number of aliphatic hydroxyl groups is 3. The number of rotatable bonds is 45. The Labute approximate surface area is 390 Å². The van der Waals surface area contributed by atoms with Gasteiger partial charge in [0.1, 0.15) is 36.8 Å². The third-order valence-electron chi connectivity index (χ3n) is 12.3. The minimum atomic E-state index is -4.60. The predicted molar refractivity (Wildman–Crippen MR) is 257 cm³/mol. The highest BCUT2D eigenvalue weighted by atomic mass is 32.2. The molecule has 1 heterocycles. The Hall–Kier alpha value is -1.61. The van der Waals surface area contributed by atoms with Crippen LogP contribution in [0, 0.1) is 0 Å². The van der Waals surface area contributed by atoms with E-state index in [0.717, 1.165) is 44.9 Å². The van der Waals surface area contributed by atoms with Crippen LogP contribution in [0.3, 0.4) is 0 Å². The minimum Gasteiger partial charge on any atom is -0.462 e. The second kappa shape index (κ2) is 41.6.